The van der Waals surface area contributed by atoms with Crippen LogP contribution in [0.15, 0.2) is 30.7 Å². The van der Waals surface area contributed by atoms with E-state index in [9.17, 15) is 13.6 Å². The minimum Gasteiger partial charge on any atom is -0.348 e. The summed E-state index contributed by atoms with van der Waals surface area (Å²) in [6, 6.07) is 3.91. The molecule has 5 heterocycles. The summed E-state index contributed by atoms with van der Waals surface area (Å²) in [4.78, 5) is 27.0. The van der Waals surface area contributed by atoms with Crippen LogP contribution in [0, 0.1) is 11.7 Å². The standard InChI is InChI=1S/C21H20F2N8O/c1-29-20(26-19(28-29)16(23)11-4-5-11)21(32)30-8-6-13-17(25-10-24-13)18(30)14-9-15-12(22)3-2-7-31(15)27-14/h2-3,7,9-11,16,18H,4-6,8H2,1H3,(H,24,25)/t16?,18-/m1/s1. The molecule has 1 aliphatic heterocycles. The van der Waals surface area contributed by atoms with E-state index in [1.807, 2.05) is 0 Å². The van der Waals surface area contributed by atoms with E-state index in [4.69, 9.17) is 0 Å². The quantitative estimate of drug-likeness (QED) is 0.528. The van der Waals surface area contributed by atoms with Crippen LogP contribution in [0.25, 0.3) is 5.52 Å². The molecule has 9 nitrogen and oxygen atoms in total. The first-order valence-electron chi connectivity index (χ1n) is 10.5. The highest BCUT2D eigenvalue weighted by molar-refractivity contribution is 5.91. The molecule has 4 aromatic heterocycles. The zero-order valence-electron chi connectivity index (χ0n) is 17.2. The van der Waals surface area contributed by atoms with Gasteiger partial charge in [-0.3, -0.25) is 4.79 Å². The average Bonchev–Trinajstić information content (AvgIpc) is 3.19. The van der Waals surface area contributed by atoms with Gasteiger partial charge in [-0.05, 0) is 37.0 Å². The number of fused-ring (bicyclic) bond motifs is 2. The van der Waals surface area contributed by atoms with Crippen molar-refractivity contribution < 1.29 is 13.6 Å². The molecule has 4 aromatic rings. The molecule has 1 aliphatic carbocycles. The van der Waals surface area contributed by atoms with E-state index in [0.29, 0.717) is 29.9 Å². The molecule has 164 valence electrons. The van der Waals surface area contributed by atoms with Crippen LogP contribution >= 0.6 is 0 Å². The maximum atomic E-state index is 14.5. The topological polar surface area (TPSA) is 97.0 Å². The first-order valence-corrected chi connectivity index (χ1v) is 10.5. The summed E-state index contributed by atoms with van der Waals surface area (Å²) >= 11 is 0. The third-order valence-corrected chi connectivity index (χ3v) is 6.19. The Morgan fingerprint density at radius 1 is 1.31 bits per heavy atom. The molecule has 1 N–H and O–H groups in total. The molecule has 0 saturated heterocycles. The van der Waals surface area contributed by atoms with E-state index in [0.717, 1.165) is 18.5 Å². The van der Waals surface area contributed by atoms with E-state index in [2.05, 4.69) is 25.1 Å². The van der Waals surface area contributed by atoms with Crippen molar-refractivity contribution in [3.8, 4) is 0 Å². The van der Waals surface area contributed by atoms with Gasteiger partial charge in [-0.25, -0.2) is 27.9 Å². The molecular weight excluding hydrogens is 418 g/mol. The lowest BCUT2D eigenvalue weighted by atomic mass is 9.99. The number of pyridine rings is 1. The van der Waals surface area contributed by atoms with Gasteiger partial charge in [0, 0.05) is 31.9 Å². The summed E-state index contributed by atoms with van der Waals surface area (Å²) in [5.74, 6) is -0.772. The van der Waals surface area contributed by atoms with Gasteiger partial charge in [0.1, 0.15) is 17.4 Å². The van der Waals surface area contributed by atoms with Crippen LogP contribution in [-0.4, -0.2) is 51.7 Å². The molecule has 0 radical (unpaired) electrons. The number of amides is 1. The van der Waals surface area contributed by atoms with Gasteiger partial charge in [0.2, 0.25) is 5.82 Å². The molecule has 2 atom stereocenters. The average molecular weight is 438 g/mol. The van der Waals surface area contributed by atoms with Gasteiger partial charge in [0.15, 0.2) is 12.0 Å². The Kier molecular flexibility index (Phi) is 4.14. The Morgan fingerprint density at radius 3 is 2.94 bits per heavy atom. The fourth-order valence-corrected chi connectivity index (χ4v) is 4.36. The van der Waals surface area contributed by atoms with Crippen molar-refractivity contribution in [2.45, 2.75) is 31.5 Å². The Balaban J connectivity index is 1.42. The van der Waals surface area contributed by atoms with Gasteiger partial charge in [0.05, 0.1) is 17.7 Å². The lowest BCUT2D eigenvalue weighted by Crippen LogP contribution is -2.42. The highest BCUT2D eigenvalue weighted by Crippen LogP contribution is 2.42. The summed E-state index contributed by atoms with van der Waals surface area (Å²) in [6.45, 7) is 0.374. The van der Waals surface area contributed by atoms with Crippen molar-refractivity contribution in [3.63, 3.8) is 0 Å². The number of rotatable bonds is 4. The Hall–Kier alpha value is -3.63. The van der Waals surface area contributed by atoms with Crippen LogP contribution in [0.1, 0.15) is 58.6 Å². The number of nitrogens with zero attached hydrogens (tertiary/aromatic N) is 7. The number of aryl methyl sites for hydroxylation is 1. The first kappa shape index (κ1) is 19.1. The maximum absolute atomic E-state index is 14.5. The van der Waals surface area contributed by atoms with Gasteiger partial charge in [-0.1, -0.05) is 0 Å². The van der Waals surface area contributed by atoms with Crippen LogP contribution in [0.5, 0.6) is 0 Å². The van der Waals surface area contributed by atoms with E-state index in [1.165, 1.54) is 15.3 Å². The van der Waals surface area contributed by atoms with Crippen LogP contribution in [-0.2, 0) is 13.5 Å². The lowest BCUT2D eigenvalue weighted by Gasteiger charge is -2.33. The number of hydrogen-bond acceptors (Lipinski definition) is 5. The highest BCUT2D eigenvalue weighted by atomic mass is 19.1. The van der Waals surface area contributed by atoms with Crippen molar-refractivity contribution in [2.75, 3.05) is 6.54 Å². The molecule has 0 bridgehead atoms. The number of halogens is 2. The Morgan fingerprint density at radius 2 is 2.16 bits per heavy atom. The fraction of sp³-hybridized carbons (Fsp3) is 0.381. The second-order valence-electron chi connectivity index (χ2n) is 8.33. The van der Waals surface area contributed by atoms with Crippen molar-refractivity contribution in [1.82, 2.24) is 39.2 Å². The molecule has 0 spiro atoms. The van der Waals surface area contributed by atoms with Gasteiger partial charge < -0.3 is 9.88 Å². The van der Waals surface area contributed by atoms with E-state index in [-0.39, 0.29) is 17.6 Å². The van der Waals surface area contributed by atoms with Crippen molar-refractivity contribution >= 4 is 11.4 Å². The number of H-pyrrole nitrogens is 1. The number of aromatic amines is 1. The number of carbonyl (C=O) groups is 1. The summed E-state index contributed by atoms with van der Waals surface area (Å²) < 4.78 is 31.6. The predicted octanol–water partition coefficient (Wildman–Crippen LogP) is 2.53. The zero-order valence-corrected chi connectivity index (χ0v) is 17.2. The Labute approximate surface area is 181 Å². The van der Waals surface area contributed by atoms with E-state index < -0.39 is 23.9 Å². The van der Waals surface area contributed by atoms with Crippen LogP contribution in [0.2, 0.25) is 0 Å². The smallest absolute Gasteiger partial charge is 0.292 e. The molecular formula is C21H20F2N8O. The number of carbonyl (C=O) groups excluding carboxylic acids is 1. The summed E-state index contributed by atoms with van der Waals surface area (Å²) in [5, 5.41) is 8.67. The molecule has 32 heavy (non-hydrogen) atoms. The van der Waals surface area contributed by atoms with Gasteiger partial charge >= 0.3 is 0 Å². The SMILES string of the molecule is Cn1nc(C(F)C2CC2)nc1C(=O)N1CCc2[nH]cnc2[C@H]1c1cc2c(F)cccn2n1. The summed E-state index contributed by atoms with van der Waals surface area (Å²) in [5.41, 5.74) is 2.34. The minimum atomic E-state index is -1.26. The van der Waals surface area contributed by atoms with Crippen LogP contribution < -0.4 is 0 Å². The molecule has 2 aliphatic rings. The molecule has 11 heteroatoms. The van der Waals surface area contributed by atoms with Crippen molar-refractivity contribution in [3.05, 3.63) is 65.3 Å². The van der Waals surface area contributed by atoms with Crippen molar-refractivity contribution in [1.29, 1.82) is 0 Å². The molecule has 1 fully saturated rings. The second-order valence-corrected chi connectivity index (χ2v) is 8.33. The van der Waals surface area contributed by atoms with E-state index in [1.54, 1.807) is 36.6 Å². The molecule has 0 aromatic carbocycles. The molecule has 6 rings (SSSR count). The monoisotopic (exact) mass is 438 g/mol. The van der Waals surface area contributed by atoms with Crippen LogP contribution in [0.4, 0.5) is 8.78 Å². The maximum Gasteiger partial charge on any atom is 0.292 e. The number of nitrogens with one attached hydrogen (secondary N) is 1. The number of hydrogen-bond donors (Lipinski definition) is 1. The van der Waals surface area contributed by atoms with Crippen LogP contribution in [0.3, 0.4) is 0 Å². The minimum absolute atomic E-state index is 0.0437. The zero-order chi connectivity index (χ0) is 22.0. The number of alkyl halides is 1. The predicted molar refractivity (Wildman–Crippen MR) is 108 cm³/mol. The molecule has 1 saturated carbocycles. The van der Waals surface area contributed by atoms with Crippen molar-refractivity contribution in [2.24, 2.45) is 13.0 Å². The number of aromatic nitrogens is 7. The third kappa shape index (κ3) is 2.91. The third-order valence-electron chi connectivity index (χ3n) is 6.19. The molecule has 1 amide bonds. The first-order chi connectivity index (χ1) is 15.5. The summed E-state index contributed by atoms with van der Waals surface area (Å²) in [7, 11) is 1.59. The largest absolute Gasteiger partial charge is 0.348 e. The lowest BCUT2D eigenvalue weighted by molar-refractivity contribution is 0.0669. The van der Waals surface area contributed by atoms with Gasteiger partial charge in [0.25, 0.3) is 5.91 Å². The number of imidazole rings is 1. The van der Waals surface area contributed by atoms with Gasteiger partial charge in [-0.2, -0.15) is 10.2 Å². The summed E-state index contributed by atoms with van der Waals surface area (Å²) in [6.07, 6.45) is 4.14. The Bertz CT molecular complexity index is 1340. The normalized spacial score (nSPS) is 19.3. The second kappa shape index (κ2) is 6.94. The highest BCUT2D eigenvalue weighted by Gasteiger charge is 2.40. The fourth-order valence-electron chi connectivity index (χ4n) is 4.36. The molecule has 1 unspecified atom stereocenters. The van der Waals surface area contributed by atoms with E-state index >= 15 is 0 Å². The van der Waals surface area contributed by atoms with Gasteiger partial charge in [-0.15, -0.1) is 0 Å².